The van der Waals surface area contributed by atoms with Crippen LogP contribution in [0.2, 0.25) is 0 Å². The molecule has 0 unspecified atom stereocenters. The van der Waals surface area contributed by atoms with Crippen LogP contribution in [0, 0.1) is 6.92 Å². The van der Waals surface area contributed by atoms with E-state index < -0.39 is 23.7 Å². The highest BCUT2D eigenvalue weighted by atomic mass is 19.4. The molecule has 144 valence electrons. The topological polar surface area (TPSA) is 81.6 Å². The van der Waals surface area contributed by atoms with Gasteiger partial charge in [-0.25, -0.2) is 15.1 Å². The zero-order chi connectivity index (χ0) is 20.1. The standard InChI is InChI=1S/C18H18F3N3O3/c1-12-8-9-14(22-11-12)23-17(16(26)27-2,18(19,20)21)24-15(25)10-13-6-4-3-5-7-13/h3-9,11H,10H2,1-2H3,(H,22,23)(H,24,25)/p+1/t17-/m0/s1. The summed E-state index contributed by atoms with van der Waals surface area (Å²) in [5, 5.41) is 3.80. The first kappa shape index (κ1) is 20.2. The van der Waals surface area contributed by atoms with Gasteiger partial charge in [0.05, 0.1) is 19.7 Å². The summed E-state index contributed by atoms with van der Waals surface area (Å²) in [4.78, 5) is 27.0. The van der Waals surface area contributed by atoms with Crippen molar-refractivity contribution in [1.29, 1.82) is 0 Å². The first-order chi connectivity index (χ1) is 12.7. The van der Waals surface area contributed by atoms with Gasteiger partial charge in [-0.3, -0.25) is 10.1 Å². The van der Waals surface area contributed by atoms with E-state index in [9.17, 15) is 22.8 Å². The van der Waals surface area contributed by atoms with E-state index in [0.717, 1.165) is 12.7 Å². The van der Waals surface area contributed by atoms with E-state index in [1.165, 1.54) is 12.3 Å². The summed E-state index contributed by atoms with van der Waals surface area (Å²) >= 11 is 0. The molecule has 0 saturated heterocycles. The van der Waals surface area contributed by atoms with Gasteiger partial charge in [0.15, 0.2) is 0 Å². The number of nitrogens with one attached hydrogen (secondary N) is 3. The number of ether oxygens (including phenoxy) is 1. The van der Waals surface area contributed by atoms with E-state index in [1.54, 1.807) is 48.6 Å². The van der Waals surface area contributed by atoms with E-state index in [4.69, 9.17) is 0 Å². The maximum atomic E-state index is 13.9. The monoisotopic (exact) mass is 382 g/mol. The van der Waals surface area contributed by atoms with E-state index in [1.807, 2.05) is 5.32 Å². The fourth-order valence-corrected chi connectivity index (χ4v) is 2.36. The Labute approximate surface area is 153 Å². The Kier molecular flexibility index (Phi) is 6.04. The van der Waals surface area contributed by atoms with Crippen molar-refractivity contribution in [2.24, 2.45) is 0 Å². The van der Waals surface area contributed by atoms with Crippen LogP contribution >= 0.6 is 0 Å². The molecule has 2 rings (SSSR count). The summed E-state index contributed by atoms with van der Waals surface area (Å²) in [5.74, 6) is -2.81. The van der Waals surface area contributed by atoms with Crippen molar-refractivity contribution in [3.05, 3.63) is 59.8 Å². The molecule has 0 saturated carbocycles. The summed E-state index contributed by atoms with van der Waals surface area (Å²) in [6, 6.07) is 11.1. The van der Waals surface area contributed by atoms with Crippen LogP contribution in [0.5, 0.6) is 0 Å². The Morgan fingerprint density at radius 2 is 1.78 bits per heavy atom. The number of hydrogen-bond donors (Lipinski definition) is 2. The average molecular weight is 382 g/mol. The highest BCUT2D eigenvalue weighted by molar-refractivity contribution is 5.91. The number of halogens is 3. The molecule has 0 aliphatic rings. The number of aryl methyl sites for hydroxylation is 1. The minimum Gasteiger partial charge on any atom is -0.464 e. The van der Waals surface area contributed by atoms with Gasteiger partial charge in [0, 0.05) is 6.07 Å². The highest BCUT2D eigenvalue weighted by Gasteiger charge is 2.67. The molecule has 0 aliphatic carbocycles. The molecule has 0 fully saturated rings. The van der Waals surface area contributed by atoms with Crippen LogP contribution in [0.25, 0.3) is 0 Å². The lowest BCUT2D eigenvalue weighted by molar-refractivity contribution is -0.363. The lowest BCUT2D eigenvalue weighted by Crippen LogP contribution is -2.69. The quantitative estimate of drug-likeness (QED) is 0.592. The van der Waals surface area contributed by atoms with Gasteiger partial charge in [-0.05, 0) is 24.1 Å². The molecule has 6 nitrogen and oxygen atoms in total. The highest BCUT2D eigenvalue weighted by Crippen LogP contribution is 2.32. The molecule has 3 N–H and O–H groups in total. The number of hydrogen-bond acceptors (Lipinski definition) is 4. The van der Waals surface area contributed by atoms with Gasteiger partial charge in [0.25, 0.3) is 5.82 Å². The number of alkyl halides is 3. The molecule has 0 bridgehead atoms. The predicted molar refractivity (Wildman–Crippen MR) is 90.4 cm³/mol. The van der Waals surface area contributed by atoms with Crippen LogP contribution in [-0.4, -0.2) is 30.8 Å². The fourth-order valence-electron chi connectivity index (χ4n) is 2.36. The van der Waals surface area contributed by atoms with Gasteiger partial charge in [-0.2, -0.15) is 13.2 Å². The SMILES string of the molecule is COC(=O)[C@@](NC(=O)Cc1ccccc1)(Nc1ccc(C)c[nH+]1)C(F)(F)F. The summed E-state index contributed by atoms with van der Waals surface area (Å²) in [6.07, 6.45) is -4.06. The average Bonchev–Trinajstić information content (AvgIpc) is 2.62. The van der Waals surface area contributed by atoms with Gasteiger partial charge >= 0.3 is 17.8 Å². The van der Waals surface area contributed by atoms with Gasteiger partial charge in [0.2, 0.25) is 5.91 Å². The van der Waals surface area contributed by atoms with Crippen LogP contribution < -0.4 is 15.6 Å². The Morgan fingerprint density at radius 3 is 2.30 bits per heavy atom. The van der Waals surface area contributed by atoms with Crippen molar-refractivity contribution in [3.8, 4) is 0 Å². The lowest BCUT2D eigenvalue weighted by atomic mass is 10.1. The zero-order valence-corrected chi connectivity index (χ0v) is 14.7. The Bertz CT molecular complexity index is 795. The van der Waals surface area contributed by atoms with Crippen molar-refractivity contribution in [3.63, 3.8) is 0 Å². The minimum absolute atomic E-state index is 0.122. The number of anilines is 1. The second-order valence-corrected chi connectivity index (χ2v) is 5.85. The number of H-pyrrole nitrogens is 1. The lowest BCUT2D eigenvalue weighted by Gasteiger charge is -2.30. The van der Waals surface area contributed by atoms with Crippen LogP contribution in [0.4, 0.5) is 19.0 Å². The summed E-state index contributed by atoms with van der Waals surface area (Å²) in [7, 11) is 0.812. The number of carbonyl (C=O) groups excluding carboxylic acids is 2. The Hall–Kier alpha value is -3.10. The third-order valence-electron chi connectivity index (χ3n) is 3.74. The maximum absolute atomic E-state index is 13.9. The molecule has 1 heterocycles. The van der Waals surface area contributed by atoms with E-state index in [-0.39, 0.29) is 12.2 Å². The first-order valence-corrected chi connectivity index (χ1v) is 7.94. The third kappa shape index (κ3) is 4.75. The Balaban J connectivity index is 2.36. The van der Waals surface area contributed by atoms with E-state index >= 15 is 0 Å². The molecule has 1 amide bonds. The van der Waals surface area contributed by atoms with Crippen molar-refractivity contribution in [2.45, 2.75) is 25.2 Å². The molecule has 2 aromatic rings. The van der Waals surface area contributed by atoms with Crippen LogP contribution in [-0.2, 0) is 20.7 Å². The number of pyridine rings is 1. The zero-order valence-electron chi connectivity index (χ0n) is 14.7. The summed E-state index contributed by atoms with van der Waals surface area (Å²) in [5.41, 5.74) is -2.18. The predicted octanol–water partition coefficient (Wildman–Crippen LogP) is 2.01. The van der Waals surface area contributed by atoms with Gasteiger partial charge in [-0.15, -0.1) is 0 Å². The van der Waals surface area contributed by atoms with E-state index in [2.05, 4.69) is 9.72 Å². The molecule has 1 aromatic carbocycles. The van der Waals surface area contributed by atoms with Crippen LogP contribution in [0.3, 0.4) is 0 Å². The summed E-state index contributed by atoms with van der Waals surface area (Å²) < 4.78 is 46.0. The molecule has 0 aliphatic heterocycles. The molecule has 27 heavy (non-hydrogen) atoms. The number of rotatable bonds is 6. The molecule has 1 aromatic heterocycles. The smallest absolute Gasteiger partial charge is 0.464 e. The number of benzene rings is 1. The van der Waals surface area contributed by atoms with Crippen molar-refractivity contribution >= 4 is 17.7 Å². The number of amides is 1. The van der Waals surface area contributed by atoms with Crippen molar-refractivity contribution in [2.75, 3.05) is 12.4 Å². The third-order valence-corrected chi connectivity index (χ3v) is 3.74. The molecule has 9 heteroatoms. The molecular formula is C18H19F3N3O3+. The van der Waals surface area contributed by atoms with Crippen LogP contribution in [0.1, 0.15) is 11.1 Å². The minimum atomic E-state index is -5.18. The van der Waals surface area contributed by atoms with Gasteiger partial charge < -0.3 is 4.74 Å². The fraction of sp³-hybridized carbons (Fsp3) is 0.278. The molecule has 0 spiro atoms. The first-order valence-electron chi connectivity index (χ1n) is 7.94. The number of esters is 1. The largest absolute Gasteiger partial charge is 0.464 e. The summed E-state index contributed by atoms with van der Waals surface area (Å²) in [6.45, 7) is 1.74. The van der Waals surface area contributed by atoms with Gasteiger partial charge in [-0.1, -0.05) is 30.3 Å². The number of carbonyl (C=O) groups is 2. The van der Waals surface area contributed by atoms with Crippen molar-refractivity contribution in [1.82, 2.24) is 5.32 Å². The second-order valence-electron chi connectivity index (χ2n) is 5.85. The number of aromatic amines is 1. The van der Waals surface area contributed by atoms with Crippen molar-refractivity contribution < 1.29 is 32.5 Å². The van der Waals surface area contributed by atoms with E-state index in [0.29, 0.717) is 5.56 Å². The number of methoxy groups -OCH3 is 1. The normalized spacial score (nSPS) is 13.4. The number of aromatic nitrogens is 1. The maximum Gasteiger partial charge on any atom is 0.464 e. The molecule has 0 radical (unpaired) electrons. The second kappa shape index (κ2) is 8.07. The van der Waals surface area contributed by atoms with Crippen LogP contribution in [0.15, 0.2) is 48.7 Å². The molecule has 1 atom stereocenters. The van der Waals surface area contributed by atoms with Gasteiger partial charge in [0.1, 0.15) is 0 Å². The molecular weight excluding hydrogens is 363 g/mol. The Morgan fingerprint density at radius 1 is 1.11 bits per heavy atom.